The van der Waals surface area contributed by atoms with Gasteiger partial charge in [0.05, 0.1) is 13.2 Å². The van der Waals surface area contributed by atoms with Crippen molar-refractivity contribution in [2.75, 3.05) is 37.7 Å². The van der Waals surface area contributed by atoms with Gasteiger partial charge in [0, 0.05) is 37.1 Å². The lowest BCUT2D eigenvalue weighted by atomic mass is 10.2. The van der Waals surface area contributed by atoms with E-state index in [4.69, 9.17) is 4.74 Å². The Balaban J connectivity index is 2.06. The summed E-state index contributed by atoms with van der Waals surface area (Å²) in [6.07, 6.45) is 1.93. The topological polar surface area (TPSA) is 50.3 Å². The van der Waals surface area contributed by atoms with Crippen molar-refractivity contribution in [2.24, 2.45) is 0 Å². The lowest BCUT2D eigenvalue weighted by molar-refractivity contribution is 0.122. The number of nitrogens with zero attached hydrogens (tertiary/aromatic N) is 3. The van der Waals surface area contributed by atoms with Crippen LogP contribution in [0, 0.1) is 6.92 Å². The number of ether oxygens (including phenoxy) is 1. The summed E-state index contributed by atoms with van der Waals surface area (Å²) in [7, 11) is 0. The summed E-state index contributed by atoms with van der Waals surface area (Å²) in [6, 6.07) is 0. The first-order valence-electron chi connectivity index (χ1n) is 6.17. The zero-order valence-corrected chi connectivity index (χ0v) is 10.6. The first kappa shape index (κ1) is 12.3. The summed E-state index contributed by atoms with van der Waals surface area (Å²) >= 11 is 0. The SMILES string of the molecule is CCNCc1cnc(N2CCOCC2)nc1C. The molecule has 1 fully saturated rings. The van der Waals surface area contributed by atoms with Crippen molar-refractivity contribution >= 4 is 5.95 Å². The number of rotatable bonds is 4. The lowest BCUT2D eigenvalue weighted by Gasteiger charge is -2.27. The summed E-state index contributed by atoms with van der Waals surface area (Å²) in [5.41, 5.74) is 2.23. The molecular weight excluding hydrogens is 216 g/mol. The van der Waals surface area contributed by atoms with Crippen LogP contribution in [0.2, 0.25) is 0 Å². The maximum atomic E-state index is 5.32. The third-order valence-electron chi connectivity index (χ3n) is 2.93. The van der Waals surface area contributed by atoms with Gasteiger partial charge in [-0.25, -0.2) is 9.97 Å². The molecule has 5 heteroatoms. The molecule has 2 heterocycles. The van der Waals surface area contributed by atoms with Crippen LogP contribution in [0.4, 0.5) is 5.95 Å². The molecule has 1 saturated heterocycles. The van der Waals surface area contributed by atoms with Crippen LogP contribution in [-0.2, 0) is 11.3 Å². The summed E-state index contributed by atoms with van der Waals surface area (Å²) in [5, 5.41) is 3.29. The highest BCUT2D eigenvalue weighted by atomic mass is 16.5. The van der Waals surface area contributed by atoms with Crippen LogP contribution in [0.1, 0.15) is 18.2 Å². The quantitative estimate of drug-likeness (QED) is 0.835. The standard InChI is InChI=1S/C12H20N4O/c1-3-13-8-11-9-14-12(15-10(11)2)16-4-6-17-7-5-16/h9,13H,3-8H2,1-2H3. The van der Waals surface area contributed by atoms with Gasteiger partial charge in [-0.3, -0.25) is 0 Å². The number of hydrogen-bond acceptors (Lipinski definition) is 5. The van der Waals surface area contributed by atoms with Crippen LogP contribution in [0.25, 0.3) is 0 Å². The van der Waals surface area contributed by atoms with E-state index in [0.717, 1.165) is 51.0 Å². The molecule has 0 unspecified atom stereocenters. The van der Waals surface area contributed by atoms with Crippen molar-refractivity contribution in [1.29, 1.82) is 0 Å². The second-order valence-corrected chi connectivity index (χ2v) is 4.16. The van der Waals surface area contributed by atoms with Crippen LogP contribution in [0.15, 0.2) is 6.20 Å². The highest BCUT2D eigenvalue weighted by Gasteiger charge is 2.14. The molecule has 17 heavy (non-hydrogen) atoms. The van der Waals surface area contributed by atoms with E-state index in [9.17, 15) is 0 Å². The average Bonchev–Trinajstić information content (AvgIpc) is 2.38. The number of anilines is 1. The van der Waals surface area contributed by atoms with Gasteiger partial charge in [-0.15, -0.1) is 0 Å². The highest BCUT2D eigenvalue weighted by Crippen LogP contribution is 2.12. The van der Waals surface area contributed by atoms with Gasteiger partial charge in [-0.05, 0) is 13.5 Å². The molecule has 2 rings (SSSR count). The van der Waals surface area contributed by atoms with Crippen molar-refractivity contribution in [3.8, 4) is 0 Å². The molecule has 1 N–H and O–H groups in total. The molecular formula is C12H20N4O. The second kappa shape index (κ2) is 5.93. The molecule has 5 nitrogen and oxygen atoms in total. The van der Waals surface area contributed by atoms with Crippen LogP contribution >= 0.6 is 0 Å². The summed E-state index contributed by atoms with van der Waals surface area (Å²) in [6.45, 7) is 9.23. The zero-order valence-electron chi connectivity index (χ0n) is 10.6. The van der Waals surface area contributed by atoms with Crippen molar-refractivity contribution in [3.63, 3.8) is 0 Å². The van der Waals surface area contributed by atoms with Gasteiger partial charge in [0.15, 0.2) is 0 Å². The zero-order chi connectivity index (χ0) is 12.1. The average molecular weight is 236 g/mol. The van der Waals surface area contributed by atoms with E-state index >= 15 is 0 Å². The van der Waals surface area contributed by atoms with Gasteiger partial charge in [-0.2, -0.15) is 0 Å². The minimum atomic E-state index is 0.765. The first-order valence-corrected chi connectivity index (χ1v) is 6.17. The maximum Gasteiger partial charge on any atom is 0.225 e. The summed E-state index contributed by atoms with van der Waals surface area (Å²) in [5.74, 6) is 0.825. The number of morpholine rings is 1. The molecule has 0 spiro atoms. The maximum absolute atomic E-state index is 5.32. The molecule has 0 atom stereocenters. The largest absolute Gasteiger partial charge is 0.378 e. The molecule has 1 aliphatic heterocycles. The summed E-state index contributed by atoms with van der Waals surface area (Å²) < 4.78 is 5.32. The van der Waals surface area contributed by atoms with E-state index in [0.29, 0.717) is 0 Å². The minimum absolute atomic E-state index is 0.765. The molecule has 1 aromatic rings. The Bertz CT molecular complexity index is 364. The molecule has 0 aliphatic carbocycles. The highest BCUT2D eigenvalue weighted by molar-refractivity contribution is 5.33. The van der Waals surface area contributed by atoms with Gasteiger partial charge in [0.1, 0.15) is 0 Å². The van der Waals surface area contributed by atoms with E-state index in [2.05, 4.69) is 27.1 Å². The number of aromatic nitrogens is 2. The molecule has 0 saturated carbocycles. The Labute approximate surface area is 102 Å². The molecule has 1 aliphatic rings. The molecule has 0 bridgehead atoms. The predicted molar refractivity (Wildman–Crippen MR) is 67.2 cm³/mol. The third kappa shape index (κ3) is 3.14. The first-order chi connectivity index (χ1) is 8.31. The number of nitrogens with one attached hydrogen (secondary N) is 1. The minimum Gasteiger partial charge on any atom is -0.378 e. The van der Waals surface area contributed by atoms with Gasteiger partial charge >= 0.3 is 0 Å². The van der Waals surface area contributed by atoms with E-state index < -0.39 is 0 Å². The fourth-order valence-corrected chi connectivity index (χ4v) is 1.83. The molecule has 1 aromatic heterocycles. The number of hydrogen-bond donors (Lipinski definition) is 1. The molecule has 94 valence electrons. The van der Waals surface area contributed by atoms with E-state index in [1.54, 1.807) is 0 Å². The Morgan fingerprint density at radius 2 is 2.18 bits per heavy atom. The fraction of sp³-hybridized carbons (Fsp3) is 0.667. The summed E-state index contributed by atoms with van der Waals surface area (Å²) in [4.78, 5) is 11.2. The van der Waals surface area contributed by atoms with Gasteiger partial charge in [0.2, 0.25) is 5.95 Å². The van der Waals surface area contributed by atoms with Crippen molar-refractivity contribution in [1.82, 2.24) is 15.3 Å². The lowest BCUT2D eigenvalue weighted by Crippen LogP contribution is -2.37. The normalized spacial score (nSPS) is 16.2. The van der Waals surface area contributed by atoms with Gasteiger partial charge < -0.3 is 15.0 Å². The number of aryl methyl sites for hydroxylation is 1. The van der Waals surface area contributed by atoms with Crippen LogP contribution in [0.5, 0.6) is 0 Å². The molecule has 0 radical (unpaired) electrons. The van der Waals surface area contributed by atoms with E-state index in [1.165, 1.54) is 5.56 Å². The Morgan fingerprint density at radius 3 is 2.82 bits per heavy atom. The Kier molecular flexibility index (Phi) is 4.28. The van der Waals surface area contributed by atoms with Gasteiger partial charge in [-0.1, -0.05) is 6.92 Å². The molecule has 0 aromatic carbocycles. The van der Waals surface area contributed by atoms with Crippen LogP contribution < -0.4 is 10.2 Å². The predicted octanol–water partition coefficient (Wildman–Crippen LogP) is 0.731. The van der Waals surface area contributed by atoms with Crippen molar-refractivity contribution < 1.29 is 4.74 Å². The monoisotopic (exact) mass is 236 g/mol. The Hall–Kier alpha value is -1.20. The molecule has 0 amide bonds. The Morgan fingerprint density at radius 1 is 1.41 bits per heavy atom. The second-order valence-electron chi connectivity index (χ2n) is 4.16. The third-order valence-corrected chi connectivity index (χ3v) is 2.93. The smallest absolute Gasteiger partial charge is 0.225 e. The van der Waals surface area contributed by atoms with Crippen molar-refractivity contribution in [3.05, 3.63) is 17.5 Å². The fourth-order valence-electron chi connectivity index (χ4n) is 1.83. The van der Waals surface area contributed by atoms with Crippen LogP contribution in [0.3, 0.4) is 0 Å². The van der Waals surface area contributed by atoms with Crippen molar-refractivity contribution in [2.45, 2.75) is 20.4 Å². The van der Waals surface area contributed by atoms with E-state index in [-0.39, 0.29) is 0 Å². The van der Waals surface area contributed by atoms with Gasteiger partial charge in [0.25, 0.3) is 0 Å². The van der Waals surface area contributed by atoms with Crippen LogP contribution in [-0.4, -0.2) is 42.8 Å². The van der Waals surface area contributed by atoms with E-state index in [1.807, 2.05) is 13.1 Å².